The molecule has 15 heavy (non-hydrogen) atoms. The third-order valence-electron chi connectivity index (χ3n) is 3.12. The average Bonchev–Trinajstić information content (AvgIpc) is 2.58. The lowest BCUT2D eigenvalue weighted by Crippen LogP contribution is -2.42. The number of nitrogens with zero attached hydrogens (tertiary/aromatic N) is 2. The minimum atomic E-state index is 0.413. The lowest BCUT2D eigenvalue weighted by Gasteiger charge is -2.33. The van der Waals surface area contributed by atoms with Gasteiger partial charge >= 0.3 is 0 Å². The van der Waals surface area contributed by atoms with Gasteiger partial charge in [0.15, 0.2) is 0 Å². The van der Waals surface area contributed by atoms with Crippen molar-refractivity contribution in [2.24, 2.45) is 0 Å². The number of pyridine rings is 1. The Balaban J connectivity index is 1.83. The number of halogens is 1. The zero-order valence-electron chi connectivity index (χ0n) is 8.40. The van der Waals surface area contributed by atoms with E-state index in [4.69, 9.17) is 16.3 Å². The SMILES string of the molecule is Clc1cc(N2CC3CCC(C2)O3)ccn1. The van der Waals surface area contributed by atoms with Gasteiger partial charge in [0.2, 0.25) is 0 Å². The molecule has 4 heteroatoms. The first-order chi connectivity index (χ1) is 7.31. The smallest absolute Gasteiger partial charge is 0.131 e. The molecule has 0 aromatic carbocycles. The Morgan fingerprint density at radius 1 is 1.33 bits per heavy atom. The summed E-state index contributed by atoms with van der Waals surface area (Å²) in [6, 6.07) is 3.93. The van der Waals surface area contributed by atoms with E-state index in [0.29, 0.717) is 17.4 Å². The van der Waals surface area contributed by atoms with Crippen LogP contribution in [0.2, 0.25) is 5.15 Å². The maximum atomic E-state index is 5.88. The maximum absolute atomic E-state index is 5.88. The third-order valence-corrected chi connectivity index (χ3v) is 3.33. The lowest BCUT2D eigenvalue weighted by molar-refractivity contribution is 0.0305. The molecule has 0 radical (unpaired) electrons. The second-order valence-electron chi connectivity index (χ2n) is 4.20. The van der Waals surface area contributed by atoms with Crippen LogP contribution in [0.3, 0.4) is 0 Å². The van der Waals surface area contributed by atoms with E-state index in [9.17, 15) is 0 Å². The summed E-state index contributed by atoms with van der Waals surface area (Å²) in [5, 5.41) is 0.561. The monoisotopic (exact) mass is 224 g/mol. The Kier molecular flexibility index (Phi) is 2.29. The highest BCUT2D eigenvalue weighted by Gasteiger charge is 2.33. The standard InChI is InChI=1S/C11H13ClN2O/c12-11-5-8(3-4-13-11)14-6-9-1-2-10(7-14)15-9/h3-5,9-10H,1-2,6-7H2. The molecular formula is C11H13ClN2O. The molecule has 3 rings (SSSR count). The minimum absolute atomic E-state index is 0.413. The predicted molar refractivity (Wildman–Crippen MR) is 59.4 cm³/mol. The minimum Gasteiger partial charge on any atom is -0.371 e. The summed E-state index contributed by atoms with van der Waals surface area (Å²) < 4.78 is 5.79. The molecular weight excluding hydrogens is 212 g/mol. The quantitative estimate of drug-likeness (QED) is 0.684. The second-order valence-corrected chi connectivity index (χ2v) is 4.59. The Morgan fingerprint density at radius 3 is 2.73 bits per heavy atom. The number of hydrogen-bond donors (Lipinski definition) is 0. The third kappa shape index (κ3) is 1.82. The predicted octanol–water partition coefficient (Wildman–Crippen LogP) is 2.10. The van der Waals surface area contributed by atoms with Crippen molar-refractivity contribution in [2.75, 3.05) is 18.0 Å². The number of aromatic nitrogens is 1. The molecule has 1 aromatic heterocycles. The second kappa shape index (κ2) is 3.65. The zero-order chi connectivity index (χ0) is 10.3. The van der Waals surface area contributed by atoms with Crippen molar-refractivity contribution in [1.29, 1.82) is 0 Å². The lowest BCUT2D eigenvalue weighted by atomic mass is 10.2. The van der Waals surface area contributed by atoms with Crippen LogP contribution in [0.4, 0.5) is 5.69 Å². The van der Waals surface area contributed by atoms with Gasteiger partial charge in [0.25, 0.3) is 0 Å². The molecule has 0 N–H and O–H groups in total. The number of hydrogen-bond acceptors (Lipinski definition) is 3. The van der Waals surface area contributed by atoms with E-state index in [2.05, 4.69) is 9.88 Å². The van der Waals surface area contributed by atoms with Crippen molar-refractivity contribution < 1.29 is 4.74 Å². The van der Waals surface area contributed by atoms with Crippen molar-refractivity contribution in [3.8, 4) is 0 Å². The zero-order valence-corrected chi connectivity index (χ0v) is 9.15. The van der Waals surface area contributed by atoms with Crippen LogP contribution < -0.4 is 4.90 Å². The van der Waals surface area contributed by atoms with Crippen LogP contribution in [0.1, 0.15) is 12.8 Å². The molecule has 0 spiro atoms. The average molecular weight is 225 g/mol. The first-order valence-corrected chi connectivity index (χ1v) is 5.71. The molecule has 2 bridgehead atoms. The summed E-state index contributed by atoms with van der Waals surface area (Å²) in [4.78, 5) is 6.34. The molecule has 2 aliphatic heterocycles. The van der Waals surface area contributed by atoms with E-state index < -0.39 is 0 Å². The van der Waals surface area contributed by atoms with Crippen LogP contribution in [0.15, 0.2) is 18.3 Å². The number of ether oxygens (including phenoxy) is 1. The van der Waals surface area contributed by atoms with Crippen LogP contribution in [-0.2, 0) is 4.74 Å². The van der Waals surface area contributed by atoms with Gasteiger partial charge in [-0.3, -0.25) is 0 Å². The summed E-state index contributed by atoms with van der Waals surface area (Å²) in [6.07, 6.45) is 4.97. The fraction of sp³-hybridized carbons (Fsp3) is 0.545. The van der Waals surface area contributed by atoms with E-state index in [1.54, 1.807) is 6.20 Å². The van der Waals surface area contributed by atoms with Gasteiger partial charge in [-0.2, -0.15) is 0 Å². The van der Waals surface area contributed by atoms with E-state index in [1.165, 1.54) is 12.8 Å². The summed E-state index contributed by atoms with van der Waals surface area (Å²) in [5.41, 5.74) is 1.16. The molecule has 2 unspecified atom stereocenters. The Morgan fingerprint density at radius 2 is 2.07 bits per heavy atom. The molecule has 0 aliphatic carbocycles. The van der Waals surface area contributed by atoms with Gasteiger partial charge in [-0.15, -0.1) is 0 Å². The summed E-state index contributed by atoms with van der Waals surface area (Å²) >= 11 is 5.88. The van der Waals surface area contributed by atoms with E-state index in [0.717, 1.165) is 18.8 Å². The van der Waals surface area contributed by atoms with Gasteiger partial charge in [0.1, 0.15) is 5.15 Å². The van der Waals surface area contributed by atoms with Gasteiger partial charge < -0.3 is 9.64 Å². The summed E-state index contributed by atoms with van der Waals surface area (Å²) in [7, 11) is 0. The highest BCUT2D eigenvalue weighted by molar-refractivity contribution is 6.29. The molecule has 2 atom stereocenters. The highest BCUT2D eigenvalue weighted by atomic mass is 35.5. The fourth-order valence-corrected chi connectivity index (χ4v) is 2.58. The Labute approximate surface area is 94.0 Å². The van der Waals surface area contributed by atoms with E-state index in [-0.39, 0.29) is 0 Å². The fourth-order valence-electron chi connectivity index (χ4n) is 2.41. The molecule has 80 valence electrons. The van der Waals surface area contributed by atoms with Crippen LogP contribution in [0.25, 0.3) is 0 Å². The summed E-state index contributed by atoms with van der Waals surface area (Å²) in [5.74, 6) is 0. The Bertz CT molecular complexity index is 359. The molecule has 0 amide bonds. The number of anilines is 1. The van der Waals surface area contributed by atoms with Gasteiger partial charge in [-0.25, -0.2) is 4.98 Å². The van der Waals surface area contributed by atoms with Crippen molar-refractivity contribution in [3.05, 3.63) is 23.5 Å². The van der Waals surface area contributed by atoms with Crippen LogP contribution in [0, 0.1) is 0 Å². The number of rotatable bonds is 1. The van der Waals surface area contributed by atoms with Gasteiger partial charge in [-0.05, 0) is 25.0 Å². The molecule has 2 aliphatic rings. The van der Waals surface area contributed by atoms with Crippen molar-refractivity contribution in [1.82, 2.24) is 4.98 Å². The van der Waals surface area contributed by atoms with E-state index in [1.807, 2.05) is 12.1 Å². The first-order valence-electron chi connectivity index (χ1n) is 5.33. The van der Waals surface area contributed by atoms with E-state index >= 15 is 0 Å². The molecule has 2 fully saturated rings. The Hall–Kier alpha value is -0.800. The molecule has 3 nitrogen and oxygen atoms in total. The molecule has 1 aromatic rings. The first kappa shape index (κ1) is 9.43. The van der Waals surface area contributed by atoms with Gasteiger partial charge in [0.05, 0.1) is 12.2 Å². The van der Waals surface area contributed by atoms with Crippen molar-refractivity contribution >= 4 is 17.3 Å². The van der Waals surface area contributed by atoms with Crippen molar-refractivity contribution in [2.45, 2.75) is 25.0 Å². The topological polar surface area (TPSA) is 25.4 Å². The highest BCUT2D eigenvalue weighted by Crippen LogP contribution is 2.29. The molecule has 0 saturated carbocycles. The summed E-state index contributed by atoms with van der Waals surface area (Å²) in [6.45, 7) is 1.97. The van der Waals surface area contributed by atoms with Crippen LogP contribution >= 0.6 is 11.6 Å². The molecule has 2 saturated heterocycles. The largest absolute Gasteiger partial charge is 0.371 e. The number of fused-ring (bicyclic) bond motifs is 2. The maximum Gasteiger partial charge on any atom is 0.131 e. The van der Waals surface area contributed by atoms with Gasteiger partial charge in [0, 0.05) is 25.0 Å². The number of morpholine rings is 1. The van der Waals surface area contributed by atoms with Crippen LogP contribution in [-0.4, -0.2) is 30.3 Å². The van der Waals surface area contributed by atoms with Crippen molar-refractivity contribution in [3.63, 3.8) is 0 Å². The van der Waals surface area contributed by atoms with Crippen LogP contribution in [0.5, 0.6) is 0 Å². The van der Waals surface area contributed by atoms with Gasteiger partial charge in [-0.1, -0.05) is 11.6 Å². The molecule has 3 heterocycles. The normalized spacial score (nSPS) is 29.5.